The maximum atomic E-state index is 10.3. The first-order valence-corrected chi connectivity index (χ1v) is 7.48. The molecule has 0 bridgehead atoms. The molecule has 2 N–H and O–H groups in total. The summed E-state index contributed by atoms with van der Waals surface area (Å²) in [6.45, 7) is 3.55. The molecule has 0 amide bonds. The fraction of sp³-hybridized carbons (Fsp3) is 0.438. The van der Waals surface area contributed by atoms with Gasteiger partial charge in [0, 0.05) is 31.2 Å². The molecule has 1 fully saturated rings. The molecular formula is C16H19N5O. The number of imidazole rings is 1. The number of aromatic amines is 1. The average molecular weight is 297 g/mol. The van der Waals surface area contributed by atoms with E-state index >= 15 is 0 Å². The Balaban J connectivity index is 1.67. The van der Waals surface area contributed by atoms with E-state index in [9.17, 15) is 5.11 Å². The van der Waals surface area contributed by atoms with E-state index in [1.807, 2.05) is 13.0 Å². The van der Waals surface area contributed by atoms with Gasteiger partial charge in [0.1, 0.15) is 17.7 Å². The molecule has 0 aliphatic carbocycles. The van der Waals surface area contributed by atoms with Crippen LogP contribution in [0.5, 0.6) is 0 Å². The van der Waals surface area contributed by atoms with Crippen molar-refractivity contribution < 1.29 is 5.11 Å². The predicted octanol–water partition coefficient (Wildman–Crippen LogP) is 1.93. The van der Waals surface area contributed by atoms with E-state index in [1.54, 1.807) is 18.5 Å². The van der Waals surface area contributed by atoms with E-state index in [0.717, 1.165) is 37.4 Å². The standard InChI is InChI=1S/C16H19N5O/c1-11-8-12(10-17)9-14(20-11)21-6-2-13(3-7-21)15(22)16-18-4-5-19-16/h4-5,8-9,13,15,22H,2-3,6-7H2,1H3,(H,18,19). The summed E-state index contributed by atoms with van der Waals surface area (Å²) < 4.78 is 0. The molecule has 3 rings (SSSR count). The lowest BCUT2D eigenvalue weighted by Gasteiger charge is -2.34. The van der Waals surface area contributed by atoms with Crippen molar-refractivity contribution in [2.24, 2.45) is 5.92 Å². The highest BCUT2D eigenvalue weighted by Crippen LogP contribution is 2.30. The maximum Gasteiger partial charge on any atom is 0.135 e. The molecule has 114 valence electrons. The number of aryl methyl sites for hydroxylation is 1. The van der Waals surface area contributed by atoms with E-state index in [2.05, 4.69) is 25.9 Å². The first-order valence-electron chi connectivity index (χ1n) is 7.48. The normalized spacial score (nSPS) is 17.2. The van der Waals surface area contributed by atoms with Crippen molar-refractivity contribution in [3.8, 4) is 6.07 Å². The number of piperidine rings is 1. The number of rotatable bonds is 3. The minimum Gasteiger partial charge on any atom is -0.385 e. The summed E-state index contributed by atoms with van der Waals surface area (Å²) in [4.78, 5) is 13.8. The van der Waals surface area contributed by atoms with Crippen molar-refractivity contribution in [3.05, 3.63) is 41.6 Å². The number of aliphatic hydroxyl groups is 1. The van der Waals surface area contributed by atoms with E-state index in [4.69, 9.17) is 5.26 Å². The number of hydrogen-bond acceptors (Lipinski definition) is 5. The molecule has 1 atom stereocenters. The number of hydrogen-bond donors (Lipinski definition) is 2. The minimum absolute atomic E-state index is 0.197. The Morgan fingerprint density at radius 3 is 2.82 bits per heavy atom. The second kappa shape index (κ2) is 6.16. The molecule has 0 aromatic carbocycles. The van der Waals surface area contributed by atoms with Gasteiger partial charge in [-0.2, -0.15) is 5.26 Å². The fourth-order valence-corrected chi connectivity index (χ4v) is 2.98. The molecule has 22 heavy (non-hydrogen) atoms. The molecule has 1 unspecified atom stereocenters. The highest BCUT2D eigenvalue weighted by Gasteiger charge is 2.28. The van der Waals surface area contributed by atoms with Crippen LogP contribution < -0.4 is 4.90 Å². The number of H-pyrrole nitrogens is 1. The van der Waals surface area contributed by atoms with Gasteiger partial charge < -0.3 is 15.0 Å². The van der Waals surface area contributed by atoms with Gasteiger partial charge in [0.25, 0.3) is 0 Å². The van der Waals surface area contributed by atoms with Crippen molar-refractivity contribution >= 4 is 5.82 Å². The van der Waals surface area contributed by atoms with Crippen LogP contribution in [0.25, 0.3) is 0 Å². The Morgan fingerprint density at radius 1 is 1.41 bits per heavy atom. The van der Waals surface area contributed by atoms with Crippen LogP contribution in [0, 0.1) is 24.2 Å². The van der Waals surface area contributed by atoms with E-state index < -0.39 is 6.10 Å². The van der Waals surface area contributed by atoms with Crippen molar-refractivity contribution in [3.63, 3.8) is 0 Å². The highest BCUT2D eigenvalue weighted by molar-refractivity contribution is 5.46. The maximum absolute atomic E-state index is 10.3. The first-order chi connectivity index (χ1) is 10.7. The SMILES string of the molecule is Cc1cc(C#N)cc(N2CCC(C(O)c3ncc[nH]3)CC2)n1. The molecule has 0 radical (unpaired) electrons. The third kappa shape index (κ3) is 2.95. The number of nitrogens with zero attached hydrogens (tertiary/aromatic N) is 4. The van der Waals surface area contributed by atoms with Crippen molar-refractivity contribution in [1.82, 2.24) is 15.0 Å². The van der Waals surface area contributed by atoms with Gasteiger partial charge in [-0.15, -0.1) is 0 Å². The van der Waals surface area contributed by atoms with Gasteiger partial charge in [0.2, 0.25) is 0 Å². The summed E-state index contributed by atoms with van der Waals surface area (Å²) in [5, 5.41) is 19.4. The van der Waals surface area contributed by atoms with Crippen LogP contribution in [0.1, 0.15) is 36.0 Å². The summed E-state index contributed by atoms with van der Waals surface area (Å²) in [5.74, 6) is 1.68. The average Bonchev–Trinajstić information content (AvgIpc) is 3.08. The summed E-state index contributed by atoms with van der Waals surface area (Å²) in [7, 11) is 0. The van der Waals surface area contributed by atoms with Crippen LogP contribution in [-0.4, -0.2) is 33.1 Å². The summed E-state index contributed by atoms with van der Waals surface area (Å²) in [6, 6.07) is 5.79. The molecule has 1 saturated heterocycles. The van der Waals surface area contributed by atoms with Crippen molar-refractivity contribution in [1.29, 1.82) is 5.26 Å². The molecule has 1 aliphatic rings. The Kier molecular flexibility index (Phi) is 4.07. The molecule has 0 spiro atoms. The molecule has 0 saturated carbocycles. The van der Waals surface area contributed by atoms with Gasteiger partial charge in [0.05, 0.1) is 11.6 Å². The molecule has 6 nitrogen and oxygen atoms in total. The largest absolute Gasteiger partial charge is 0.385 e. The number of nitriles is 1. The number of aliphatic hydroxyl groups excluding tert-OH is 1. The Hall–Kier alpha value is -2.39. The predicted molar refractivity (Wildman–Crippen MR) is 82.2 cm³/mol. The lowest BCUT2D eigenvalue weighted by Crippen LogP contribution is -2.36. The van der Waals surface area contributed by atoms with Crippen LogP contribution in [0.15, 0.2) is 24.5 Å². The zero-order valence-electron chi connectivity index (χ0n) is 12.5. The lowest BCUT2D eigenvalue weighted by atomic mass is 9.91. The Labute approximate surface area is 129 Å². The van der Waals surface area contributed by atoms with Crippen LogP contribution in [0.2, 0.25) is 0 Å². The molecule has 6 heteroatoms. The molecular weight excluding hydrogens is 278 g/mol. The fourth-order valence-electron chi connectivity index (χ4n) is 2.98. The van der Waals surface area contributed by atoms with Gasteiger partial charge in [-0.3, -0.25) is 0 Å². The minimum atomic E-state index is -0.544. The van der Waals surface area contributed by atoms with Crippen LogP contribution in [0.4, 0.5) is 5.82 Å². The number of anilines is 1. The highest BCUT2D eigenvalue weighted by atomic mass is 16.3. The van der Waals surface area contributed by atoms with Gasteiger partial charge >= 0.3 is 0 Å². The Morgan fingerprint density at radius 2 is 2.18 bits per heavy atom. The summed E-state index contributed by atoms with van der Waals surface area (Å²) >= 11 is 0. The molecule has 1 aliphatic heterocycles. The quantitative estimate of drug-likeness (QED) is 0.903. The second-order valence-electron chi connectivity index (χ2n) is 5.71. The summed E-state index contributed by atoms with van der Waals surface area (Å²) in [5.41, 5.74) is 1.49. The molecule has 2 aromatic rings. The van der Waals surface area contributed by atoms with E-state index in [0.29, 0.717) is 11.4 Å². The van der Waals surface area contributed by atoms with Crippen LogP contribution >= 0.6 is 0 Å². The third-order valence-electron chi connectivity index (χ3n) is 4.18. The zero-order valence-corrected chi connectivity index (χ0v) is 12.5. The zero-order chi connectivity index (χ0) is 15.5. The first kappa shape index (κ1) is 14.5. The molecule has 2 aromatic heterocycles. The number of pyridine rings is 1. The van der Waals surface area contributed by atoms with E-state index in [-0.39, 0.29) is 5.92 Å². The lowest BCUT2D eigenvalue weighted by molar-refractivity contribution is 0.0856. The second-order valence-corrected chi connectivity index (χ2v) is 5.71. The van der Waals surface area contributed by atoms with Gasteiger partial charge in [-0.05, 0) is 37.8 Å². The Bertz CT molecular complexity index is 668. The van der Waals surface area contributed by atoms with Crippen LogP contribution in [-0.2, 0) is 0 Å². The van der Waals surface area contributed by atoms with Crippen LogP contribution in [0.3, 0.4) is 0 Å². The summed E-state index contributed by atoms with van der Waals surface area (Å²) in [6.07, 6.45) is 4.59. The third-order valence-corrected chi connectivity index (χ3v) is 4.18. The smallest absolute Gasteiger partial charge is 0.135 e. The molecule has 3 heterocycles. The van der Waals surface area contributed by atoms with Gasteiger partial charge in [0.15, 0.2) is 0 Å². The number of aromatic nitrogens is 3. The monoisotopic (exact) mass is 297 g/mol. The van der Waals surface area contributed by atoms with Crippen molar-refractivity contribution in [2.75, 3.05) is 18.0 Å². The van der Waals surface area contributed by atoms with Gasteiger partial charge in [-0.1, -0.05) is 0 Å². The van der Waals surface area contributed by atoms with Gasteiger partial charge in [-0.25, -0.2) is 9.97 Å². The van der Waals surface area contributed by atoms with E-state index in [1.165, 1.54) is 0 Å². The van der Waals surface area contributed by atoms with Crippen molar-refractivity contribution in [2.45, 2.75) is 25.9 Å². The number of nitrogens with one attached hydrogen (secondary N) is 1. The topological polar surface area (TPSA) is 88.8 Å².